The summed E-state index contributed by atoms with van der Waals surface area (Å²) in [5.41, 5.74) is 1.66. The van der Waals surface area contributed by atoms with Crippen molar-refractivity contribution in [1.29, 1.82) is 0 Å². The molecule has 0 aromatic carbocycles. The van der Waals surface area contributed by atoms with Gasteiger partial charge in [-0.25, -0.2) is 4.68 Å². The van der Waals surface area contributed by atoms with Crippen molar-refractivity contribution in [3.63, 3.8) is 0 Å². The van der Waals surface area contributed by atoms with Crippen LogP contribution in [0.5, 0.6) is 0 Å². The molecule has 0 spiro atoms. The molecule has 2 aromatic rings. The fourth-order valence-electron chi connectivity index (χ4n) is 1.69. The molecule has 0 bridgehead atoms. The average molecular weight is 255 g/mol. The van der Waals surface area contributed by atoms with Gasteiger partial charge < -0.3 is 5.32 Å². The van der Waals surface area contributed by atoms with E-state index in [1.165, 1.54) is 6.20 Å². The summed E-state index contributed by atoms with van der Waals surface area (Å²) in [6.45, 7) is 1.33. The monoisotopic (exact) mass is 255 g/mol. The van der Waals surface area contributed by atoms with Crippen LogP contribution in [-0.4, -0.2) is 19.6 Å². The number of alkyl halides is 2. The van der Waals surface area contributed by atoms with Crippen molar-refractivity contribution in [2.75, 3.05) is 0 Å². The molecule has 2 aromatic heterocycles. The standard InChI is InChI=1S/C11H15F2N5/c1-2-17-10(3-5-15-17)8-14-7-9-4-6-18(16-9)11(12)13/h3-6,11,14H,2,7-8H2,1H3. The summed E-state index contributed by atoms with van der Waals surface area (Å²) in [5, 5.41) is 11.0. The highest BCUT2D eigenvalue weighted by Crippen LogP contribution is 2.08. The molecule has 5 nitrogen and oxygen atoms in total. The minimum absolute atomic E-state index is 0.453. The van der Waals surface area contributed by atoms with Crippen molar-refractivity contribution in [2.45, 2.75) is 33.1 Å². The number of nitrogens with zero attached hydrogens (tertiary/aromatic N) is 4. The quantitative estimate of drug-likeness (QED) is 0.856. The van der Waals surface area contributed by atoms with Crippen LogP contribution in [0.4, 0.5) is 8.78 Å². The molecule has 0 fully saturated rings. The van der Waals surface area contributed by atoms with Gasteiger partial charge >= 0.3 is 6.55 Å². The molecular formula is C11H15F2N5. The summed E-state index contributed by atoms with van der Waals surface area (Å²) >= 11 is 0. The highest BCUT2D eigenvalue weighted by atomic mass is 19.3. The molecule has 0 unspecified atom stereocenters. The number of aryl methyl sites for hydroxylation is 1. The van der Waals surface area contributed by atoms with E-state index in [9.17, 15) is 8.78 Å². The van der Waals surface area contributed by atoms with E-state index in [-0.39, 0.29) is 0 Å². The second-order valence-corrected chi connectivity index (χ2v) is 3.81. The van der Waals surface area contributed by atoms with Crippen LogP contribution < -0.4 is 5.32 Å². The van der Waals surface area contributed by atoms with E-state index in [0.717, 1.165) is 12.2 Å². The van der Waals surface area contributed by atoms with E-state index in [2.05, 4.69) is 15.5 Å². The molecule has 0 aliphatic rings. The van der Waals surface area contributed by atoms with Gasteiger partial charge in [-0.2, -0.15) is 19.0 Å². The second kappa shape index (κ2) is 5.72. The van der Waals surface area contributed by atoms with Gasteiger partial charge in [-0.15, -0.1) is 0 Å². The predicted molar refractivity (Wildman–Crippen MR) is 61.9 cm³/mol. The third-order valence-corrected chi connectivity index (χ3v) is 2.58. The maximum atomic E-state index is 12.3. The number of aromatic nitrogens is 4. The van der Waals surface area contributed by atoms with Crippen LogP contribution in [0.3, 0.4) is 0 Å². The molecule has 0 aliphatic carbocycles. The van der Waals surface area contributed by atoms with E-state index in [0.29, 0.717) is 23.5 Å². The summed E-state index contributed by atoms with van der Waals surface area (Å²) in [6.07, 6.45) is 3.02. The Bertz CT molecular complexity index is 491. The largest absolute Gasteiger partial charge is 0.333 e. The zero-order chi connectivity index (χ0) is 13.0. The SMILES string of the molecule is CCn1nccc1CNCc1ccn(C(F)F)n1. The van der Waals surface area contributed by atoms with Crippen molar-refractivity contribution in [3.8, 4) is 0 Å². The van der Waals surface area contributed by atoms with Gasteiger partial charge in [0.1, 0.15) is 0 Å². The molecular weight excluding hydrogens is 240 g/mol. The molecule has 2 rings (SSSR count). The molecule has 1 N–H and O–H groups in total. The van der Waals surface area contributed by atoms with Crippen LogP contribution >= 0.6 is 0 Å². The first-order chi connectivity index (χ1) is 8.70. The molecule has 7 heteroatoms. The van der Waals surface area contributed by atoms with Crippen molar-refractivity contribution in [3.05, 3.63) is 35.9 Å². The maximum Gasteiger partial charge on any atom is 0.333 e. The fraction of sp³-hybridized carbons (Fsp3) is 0.455. The molecule has 0 saturated heterocycles. The smallest absolute Gasteiger partial charge is 0.305 e. The van der Waals surface area contributed by atoms with Gasteiger partial charge in [-0.3, -0.25) is 4.68 Å². The van der Waals surface area contributed by atoms with Gasteiger partial charge in [0, 0.05) is 32.0 Å². The first-order valence-electron chi connectivity index (χ1n) is 5.74. The Balaban J connectivity index is 1.84. The second-order valence-electron chi connectivity index (χ2n) is 3.81. The van der Waals surface area contributed by atoms with Gasteiger partial charge in [0.25, 0.3) is 0 Å². The van der Waals surface area contributed by atoms with Gasteiger partial charge in [0.2, 0.25) is 0 Å². The van der Waals surface area contributed by atoms with Crippen LogP contribution in [0.1, 0.15) is 24.9 Å². The number of rotatable bonds is 6. The topological polar surface area (TPSA) is 47.7 Å². The van der Waals surface area contributed by atoms with E-state index in [1.54, 1.807) is 12.3 Å². The minimum atomic E-state index is -2.58. The average Bonchev–Trinajstić information content (AvgIpc) is 2.97. The summed E-state index contributed by atoms with van der Waals surface area (Å²) in [6, 6.07) is 3.50. The van der Waals surface area contributed by atoms with Gasteiger partial charge in [-0.1, -0.05) is 0 Å². The van der Waals surface area contributed by atoms with Crippen molar-refractivity contribution in [2.24, 2.45) is 0 Å². The highest BCUT2D eigenvalue weighted by molar-refractivity contribution is 5.02. The first-order valence-corrected chi connectivity index (χ1v) is 5.74. The number of halogens is 2. The Kier molecular flexibility index (Phi) is 4.03. The minimum Gasteiger partial charge on any atom is -0.305 e. The molecule has 0 saturated carbocycles. The number of hydrogen-bond acceptors (Lipinski definition) is 3. The Labute approximate surface area is 103 Å². The number of hydrogen-bond donors (Lipinski definition) is 1. The van der Waals surface area contributed by atoms with Crippen LogP contribution in [0.25, 0.3) is 0 Å². The van der Waals surface area contributed by atoms with Crippen LogP contribution in [-0.2, 0) is 19.6 Å². The molecule has 0 aliphatic heterocycles. The number of nitrogens with one attached hydrogen (secondary N) is 1. The third kappa shape index (κ3) is 2.92. The molecule has 0 amide bonds. The van der Waals surface area contributed by atoms with E-state index >= 15 is 0 Å². The van der Waals surface area contributed by atoms with Crippen LogP contribution in [0.15, 0.2) is 24.5 Å². The Hall–Kier alpha value is -1.76. The fourth-order valence-corrected chi connectivity index (χ4v) is 1.69. The zero-order valence-electron chi connectivity index (χ0n) is 10.1. The summed E-state index contributed by atoms with van der Waals surface area (Å²) in [5.74, 6) is 0. The first kappa shape index (κ1) is 12.7. The van der Waals surface area contributed by atoms with Gasteiger partial charge in [0.15, 0.2) is 0 Å². The molecule has 18 heavy (non-hydrogen) atoms. The van der Waals surface area contributed by atoms with E-state index in [1.807, 2.05) is 17.7 Å². The van der Waals surface area contributed by atoms with Gasteiger partial charge in [0.05, 0.1) is 11.4 Å². The molecule has 2 heterocycles. The Morgan fingerprint density at radius 1 is 1.33 bits per heavy atom. The molecule has 98 valence electrons. The lowest BCUT2D eigenvalue weighted by molar-refractivity contribution is 0.0561. The third-order valence-electron chi connectivity index (χ3n) is 2.58. The normalized spacial score (nSPS) is 11.3. The summed E-state index contributed by atoms with van der Waals surface area (Å²) < 4.78 is 27.1. The van der Waals surface area contributed by atoms with Crippen molar-refractivity contribution < 1.29 is 8.78 Å². The molecule has 0 radical (unpaired) electrons. The lowest BCUT2D eigenvalue weighted by atomic mass is 10.4. The van der Waals surface area contributed by atoms with Gasteiger partial charge in [-0.05, 0) is 19.1 Å². The Morgan fingerprint density at radius 3 is 2.83 bits per heavy atom. The lowest BCUT2D eigenvalue weighted by Crippen LogP contribution is -2.16. The summed E-state index contributed by atoms with van der Waals surface area (Å²) in [7, 11) is 0. The van der Waals surface area contributed by atoms with E-state index in [4.69, 9.17) is 0 Å². The van der Waals surface area contributed by atoms with Crippen LogP contribution in [0, 0.1) is 0 Å². The Morgan fingerprint density at radius 2 is 2.17 bits per heavy atom. The van der Waals surface area contributed by atoms with Crippen molar-refractivity contribution >= 4 is 0 Å². The highest BCUT2D eigenvalue weighted by Gasteiger charge is 2.07. The maximum absolute atomic E-state index is 12.3. The zero-order valence-corrected chi connectivity index (χ0v) is 10.1. The lowest BCUT2D eigenvalue weighted by Gasteiger charge is -2.05. The predicted octanol–water partition coefficient (Wildman–Crippen LogP) is 1.78. The van der Waals surface area contributed by atoms with Crippen LogP contribution in [0.2, 0.25) is 0 Å². The molecule has 0 atom stereocenters. The van der Waals surface area contributed by atoms with E-state index < -0.39 is 6.55 Å². The summed E-state index contributed by atoms with van der Waals surface area (Å²) in [4.78, 5) is 0. The van der Waals surface area contributed by atoms with Crippen molar-refractivity contribution in [1.82, 2.24) is 24.9 Å².